The molecule has 15 heteroatoms. The molecule has 0 aliphatic carbocycles. The van der Waals surface area contributed by atoms with Crippen molar-refractivity contribution in [1.82, 2.24) is 15.1 Å². The third-order valence-electron chi connectivity index (χ3n) is 6.92. The van der Waals surface area contributed by atoms with Gasteiger partial charge in [-0.15, -0.1) is 0 Å². The number of hydrogen-bond donors (Lipinski definition) is 6. The largest absolute Gasteiger partial charge is 0.488 e. The number of aryl methyl sites for hydroxylation is 1. The molecule has 1 unspecified atom stereocenters. The number of likely N-dealkylation sites (N-methyl/N-ethyl adjacent to an activating group) is 1. The van der Waals surface area contributed by atoms with Crippen LogP contribution in [0.1, 0.15) is 48.9 Å². The Balaban J connectivity index is 0.000000343. The second-order valence-corrected chi connectivity index (χ2v) is 10.3. The molecule has 1 heterocycles. The van der Waals surface area contributed by atoms with Gasteiger partial charge in [-0.3, -0.25) is 14.4 Å². The van der Waals surface area contributed by atoms with Gasteiger partial charge in [0.25, 0.3) is 0 Å². The van der Waals surface area contributed by atoms with Gasteiger partial charge in [-0.05, 0) is 60.5 Å². The van der Waals surface area contributed by atoms with Crippen LogP contribution in [0.3, 0.4) is 0 Å². The van der Waals surface area contributed by atoms with Crippen molar-refractivity contribution >= 4 is 30.8 Å². The number of fused-ring (bicyclic) bond motifs is 1. The fraction of sp³-hybridized carbons (Fsp3) is 0.500. The quantitative estimate of drug-likeness (QED) is 0.140. The van der Waals surface area contributed by atoms with Crippen molar-refractivity contribution in [2.45, 2.75) is 58.3 Å². The van der Waals surface area contributed by atoms with Crippen LogP contribution in [0, 0.1) is 0 Å². The number of rotatable bonds is 12. The highest BCUT2D eigenvalue weighted by atomic mass is 19.4. The minimum absolute atomic E-state index is 0.0642. The molecule has 45 heavy (non-hydrogen) atoms. The molecule has 0 fully saturated rings. The highest BCUT2D eigenvalue weighted by molar-refractivity contribution is 6.58. The molecule has 1 aliphatic rings. The molecule has 3 rings (SSSR count). The van der Waals surface area contributed by atoms with Gasteiger partial charge in [-0.25, -0.2) is 0 Å². The van der Waals surface area contributed by atoms with Crippen LogP contribution in [0.15, 0.2) is 42.5 Å². The highest BCUT2D eigenvalue weighted by Crippen LogP contribution is 2.29. The molecule has 0 spiro atoms. The number of halogens is 3. The van der Waals surface area contributed by atoms with E-state index in [2.05, 4.69) is 5.32 Å². The summed E-state index contributed by atoms with van der Waals surface area (Å²) in [7, 11) is -1.44. The van der Waals surface area contributed by atoms with Crippen LogP contribution in [0.25, 0.3) is 0 Å². The molecule has 2 aromatic carbocycles. The highest BCUT2D eigenvalue weighted by Gasteiger charge is 2.29. The molecule has 0 aromatic heterocycles. The van der Waals surface area contributed by atoms with Crippen molar-refractivity contribution in [3.05, 3.63) is 64.7 Å². The van der Waals surface area contributed by atoms with E-state index in [1.807, 2.05) is 19.9 Å². The van der Waals surface area contributed by atoms with Gasteiger partial charge in [0.1, 0.15) is 0 Å². The van der Waals surface area contributed by atoms with Crippen molar-refractivity contribution in [3.63, 3.8) is 0 Å². The van der Waals surface area contributed by atoms with E-state index >= 15 is 0 Å². The van der Waals surface area contributed by atoms with Crippen LogP contribution in [-0.2, 0) is 39.9 Å². The van der Waals surface area contributed by atoms with Crippen molar-refractivity contribution in [2.24, 2.45) is 17.2 Å². The minimum atomic E-state index is -4.22. The Morgan fingerprint density at radius 1 is 1.07 bits per heavy atom. The first-order valence-corrected chi connectivity index (χ1v) is 14.9. The van der Waals surface area contributed by atoms with E-state index in [-0.39, 0.29) is 18.2 Å². The van der Waals surface area contributed by atoms with Gasteiger partial charge in [-0.1, -0.05) is 37.3 Å². The Labute approximate surface area is 263 Å². The van der Waals surface area contributed by atoms with Gasteiger partial charge < -0.3 is 42.4 Å². The van der Waals surface area contributed by atoms with E-state index < -0.39 is 24.9 Å². The van der Waals surface area contributed by atoms with E-state index in [0.717, 1.165) is 49.1 Å². The van der Waals surface area contributed by atoms with Crippen LogP contribution < -0.4 is 28.0 Å². The van der Waals surface area contributed by atoms with Crippen LogP contribution in [0.4, 0.5) is 13.2 Å². The summed E-state index contributed by atoms with van der Waals surface area (Å²) in [4.78, 5) is 37.1. The second-order valence-electron chi connectivity index (χ2n) is 10.3. The number of alkyl halides is 3. The Hall–Kier alpha value is -3.50. The summed E-state index contributed by atoms with van der Waals surface area (Å²) in [6, 6.07) is 9.93. The molecule has 250 valence electrons. The standard InChI is InChI=1S/C11H25N5O2.C10H12BNO3.C9H9F3/c1-2-15-11(18)9(14)3-4-10(17)16(7-5-12)8-6-13;13-7-12-4-3-8-1-2-10(11(14)15)5-9(8)6-12;1-2-7-3-5-8(6-4-7)9(10,11)12/h9H,2-8,12-14H2,1H3,(H,15,18);1-2,5,7,14-15H,3-4,6H2;3-6H,2H2,1H3. The topological polar surface area (TPSA) is 188 Å². The first-order chi connectivity index (χ1) is 21.3. The number of nitrogens with two attached hydrogens (primary N) is 3. The summed E-state index contributed by atoms with van der Waals surface area (Å²) in [5, 5.41) is 20.7. The summed E-state index contributed by atoms with van der Waals surface area (Å²) in [5.74, 6) is -0.292. The predicted molar refractivity (Wildman–Crippen MR) is 168 cm³/mol. The first kappa shape index (κ1) is 39.5. The lowest BCUT2D eigenvalue weighted by molar-refractivity contribution is -0.137. The maximum atomic E-state index is 12.0. The molecule has 2 aromatic rings. The van der Waals surface area contributed by atoms with Crippen molar-refractivity contribution in [3.8, 4) is 0 Å². The molecule has 1 atom stereocenters. The fourth-order valence-corrected chi connectivity index (χ4v) is 4.33. The van der Waals surface area contributed by atoms with E-state index in [9.17, 15) is 27.6 Å². The number of carbonyl (C=O) groups is 3. The average molecular weight is 639 g/mol. The molecule has 0 saturated heterocycles. The zero-order valence-corrected chi connectivity index (χ0v) is 25.9. The summed E-state index contributed by atoms with van der Waals surface area (Å²) in [6.07, 6.45) is -1.24. The monoisotopic (exact) mass is 638 g/mol. The smallest absolute Gasteiger partial charge is 0.423 e. The lowest BCUT2D eigenvalue weighted by Gasteiger charge is -2.25. The summed E-state index contributed by atoms with van der Waals surface area (Å²) >= 11 is 0. The third kappa shape index (κ3) is 14.4. The Bertz CT molecular complexity index is 1180. The maximum Gasteiger partial charge on any atom is 0.488 e. The van der Waals surface area contributed by atoms with Gasteiger partial charge in [0.05, 0.1) is 11.6 Å². The van der Waals surface area contributed by atoms with Gasteiger partial charge in [0, 0.05) is 52.2 Å². The van der Waals surface area contributed by atoms with E-state index in [4.69, 9.17) is 27.2 Å². The predicted octanol–water partition coefficient (Wildman–Crippen LogP) is 0.125. The van der Waals surface area contributed by atoms with Crippen LogP contribution in [-0.4, -0.2) is 90.5 Å². The Morgan fingerprint density at radius 2 is 1.69 bits per heavy atom. The van der Waals surface area contributed by atoms with Crippen LogP contribution in [0.2, 0.25) is 0 Å². The lowest BCUT2D eigenvalue weighted by atomic mass is 9.78. The Morgan fingerprint density at radius 3 is 2.18 bits per heavy atom. The number of hydrogen-bond acceptors (Lipinski definition) is 8. The van der Waals surface area contributed by atoms with E-state index in [0.29, 0.717) is 51.2 Å². The molecule has 0 radical (unpaired) electrons. The van der Waals surface area contributed by atoms with Gasteiger partial charge in [0.2, 0.25) is 18.2 Å². The molecule has 11 nitrogen and oxygen atoms in total. The number of amides is 3. The van der Waals surface area contributed by atoms with Crippen molar-refractivity contribution in [1.29, 1.82) is 0 Å². The number of benzene rings is 2. The van der Waals surface area contributed by atoms with Crippen molar-refractivity contribution in [2.75, 3.05) is 39.3 Å². The summed E-state index contributed by atoms with van der Waals surface area (Å²) in [5.41, 5.74) is 19.5. The van der Waals surface area contributed by atoms with Gasteiger partial charge in [0.15, 0.2) is 0 Å². The van der Waals surface area contributed by atoms with Gasteiger partial charge in [-0.2, -0.15) is 13.2 Å². The molecule has 1 aliphatic heterocycles. The first-order valence-electron chi connectivity index (χ1n) is 14.9. The van der Waals surface area contributed by atoms with Gasteiger partial charge >= 0.3 is 13.3 Å². The molecule has 9 N–H and O–H groups in total. The second kappa shape index (κ2) is 20.5. The molecular formula is C30H46BF3N6O5. The zero-order valence-electron chi connectivity index (χ0n) is 25.9. The van der Waals surface area contributed by atoms with E-state index in [1.165, 1.54) is 17.7 Å². The van der Waals surface area contributed by atoms with E-state index in [1.54, 1.807) is 21.9 Å². The van der Waals surface area contributed by atoms with Crippen molar-refractivity contribution < 1.29 is 37.6 Å². The fourth-order valence-electron chi connectivity index (χ4n) is 4.33. The molecular weight excluding hydrogens is 592 g/mol. The molecule has 3 amide bonds. The normalized spacial score (nSPS) is 12.8. The number of carbonyl (C=O) groups excluding carboxylic acids is 3. The third-order valence-corrected chi connectivity index (χ3v) is 6.92. The summed E-state index contributed by atoms with van der Waals surface area (Å²) in [6.45, 7) is 7.30. The Kier molecular flexibility index (Phi) is 18.0. The zero-order chi connectivity index (χ0) is 34.0. The van der Waals surface area contributed by atoms with Crippen LogP contribution >= 0.6 is 0 Å². The SMILES string of the molecule is CCNC(=O)C(N)CCC(=O)N(CCN)CCN.CCc1ccc(C(F)(F)F)cc1.O=CN1CCc2ccc(B(O)O)cc2C1. The number of nitrogens with zero attached hydrogens (tertiary/aromatic N) is 2. The molecule has 0 saturated carbocycles. The molecule has 0 bridgehead atoms. The lowest BCUT2D eigenvalue weighted by Crippen LogP contribution is -2.43. The van der Waals surface area contributed by atoms with Crippen LogP contribution in [0.5, 0.6) is 0 Å². The average Bonchev–Trinajstić information content (AvgIpc) is 3.03. The maximum absolute atomic E-state index is 12.0. The number of nitrogens with one attached hydrogen (secondary N) is 1. The summed E-state index contributed by atoms with van der Waals surface area (Å²) < 4.78 is 36.1. The minimum Gasteiger partial charge on any atom is -0.423 e.